The highest BCUT2D eigenvalue weighted by atomic mass is 32.2. The van der Waals surface area contributed by atoms with E-state index in [1.165, 1.54) is 0 Å². The number of nitrogens with zero attached hydrogens (tertiary/aromatic N) is 2. The van der Waals surface area contributed by atoms with Gasteiger partial charge in [0.25, 0.3) is 0 Å². The third-order valence-electron chi connectivity index (χ3n) is 3.04. The third kappa shape index (κ3) is 3.97. The molecule has 18 heavy (non-hydrogen) atoms. The Balaban J connectivity index is 2.61. The molecule has 0 saturated carbocycles. The van der Waals surface area contributed by atoms with Crippen molar-refractivity contribution in [3.05, 3.63) is 0 Å². The first-order valence-electron chi connectivity index (χ1n) is 6.08. The van der Waals surface area contributed by atoms with Crippen molar-refractivity contribution in [3.63, 3.8) is 0 Å². The predicted octanol–water partition coefficient (Wildman–Crippen LogP) is 0.356. The van der Waals surface area contributed by atoms with Crippen LogP contribution in [0.15, 0.2) is 0 Å². The maximum atomic E-state index is 12.2. The maximum Gasteiger partial charge on any atom is 0.320 e. The molecule has 6 nitrogen and oxygen atoms in total. The van der Waals surface area contributed by atoms with Crippen LogP contribution < -0.4 is 0 Å². The lowest BCUT2D eigenvalue weighted by atomic mass is 10.2. The summed E-state index contributed by atoms with van der Waals surface area (Å²) in [4.78, 5) is 26.1. The van der Waals surface area contributed by atoms with Crippen LogP contribution in [0.25, 0.3) is 0 Å². The Labute approximate surface area is 109 Å². The number of rotatable bonds is 4. The molecule has 7 heteroatoms. The zero-order valence-corrected chi connectivity index (χ0v) is 11.6. The van der Waals surface area contributed by atoms with E-state index in [0.717, 1.165) is 0 Å². The molecule has 1 heterocycles. The lowest BCUT2D eigenvalue weighted by Crippen LogP contribution is -2.51. The molecule has 0 spiro atoms. The van der Waals surface area contributed by atoms with Crippen molar-refractivity contribution >= 4 is 22.8 Å². The van der Waals surface area contributed by atoms with Gasteiger partial charge in [0.15, 0.2) is 0 Å². The molecule has 0 aliphatic carbocycles. The molecule has 1 saturated heterocycles. The molecule has 1 fully saturated rings. The Hall–Kier alpha value is -1.11. The largest absolute Gasteiger partial charge is 0.481 e. The summed E-state index contributed by atoms with van der Waals surface area (Å²) in [5, 5.41) is 8.76. The van der Waals surface area contributed by atoms with Gasteiger partial charge in [-0.05, 0) is 13.8 Å². The van der Waals surface area contributed by atoms with Gasteiger partial charge in [0, 0.05) is 48.0 Å². The van der Waals surface area contributed by atoms with E-state index in [4.69, 9.17) is 5.11 Å². The van der Waals surface area contributed by atoms with Crippen molar-refractivity contribution in [2.45, 2.75) is 26.3 Å². The highest BCUT2D eigenvalue weighted by molar-refractivity contribution is 7.85. The molecule has 2 amide bonds. The molecular weight excluding hydrogens is 256 g/mol. The van der Waals surface area contributed by atoms with Gasteiger partial charge in [-0.2, -0.15) is 0 Å². The summed E-state index contributed by atoms with van der Waals surface area (Å²) in [5.74, 6) is 0.112. The first-order valence-corrected chi connectivity index (χ1v) is 7.56. The number of amides is 2. The van der Waals surface area contributed by atoms with Crippen molar-refractivity contribution in [1.82, 2.24) is 9.80 Å². The van der Waals surface area contributed by atoms with Gasteiger partial charge in [-0.25, -0.2) is 4.79 Å². The Morgan fingerprint density at radius 3 is 2.39 bits per heavy atom. The van der Waals surface area contributed by atoms with Crippen molar-refractivity contribution in [1.29, 1.82) is 0 Å². The van der Waals surface area contributed by atoms with E-state index in [0.29, 0.717) is 31.1 Å². The van der Waals surface area contributed by atoms with E-state index in [9.17, 15) is 13.8 Å². The fourth-order valence-corrected chi connectivity index (χ4v) is 3.06. The van der Waals surface area contributed by atoms with E-state index in [1.54, 1.807) is 16.7 Å². The monoisotopic (exact) mass is 276 g/mol. The Kier molecular flexibility index (Phi) is 5.58. The molecule has 0 aromatic rings. The average Bonchev–Trinajstić information content (AvgIpc) is 2.29. The highest BCUT2D eigenvalue weighted by Crippen LogP contribution is 2.10. The summed E-state index contributed by atoms with van der Waals surface area (Å²) < 4.78 is 11.2. The number of carbonyl (C=O) groups is 2. The molecule has 0 bridgehead atoms. The van der Waals surface area contributed by atoms with Crippen molar-refractivity contribution in [2.24, 2.45) is 0 Å². The summed E-state index contributed by atoms with van der Waals surface area (Å²) in [6.07, 6.45) is -0.0562. The Morgan fingerprint density at radius 2 is 1.94 bits per heavy atom. The van der Waals surface area contributed by atoms with Gasteiger partial charge in [0.05, 0.1) is 6.42 Å². The maximum absolute atomic E-state index is 12.2. The fourth-order valence-electron chi connectivity index (χ4n) is 2.01. The minimum Gasteiger partial charge on any atom is -0.481 e. The van der Waals surface area contributed by atoms with Gasteiger partial charge in [0.2, 0.25) is 0 Å². The molecule has 104 valence electrons. The van der Waals surface area contributed by atoms with Crippen molar-refractivity contribution < 1.29 is 18.9 Å². The molecule has 0 radical (unpaired) electrons. The van der Waals surface area contributed by atoms with E-state index in [-0.39, 0.29) is 18.5 Å². The third-order valence-corrected chi connectivity index (χ3v) is 4.31. The first kappa shape index (κ1) is 14.9. The van der Waals surface area contributed by atoms with Gasteiger partial charge in [-0.3, -0.25) is 9.00 Å². The standard InChI is InChI=1S/C11H20N2O4S/c1-3-13(9(2)8-10(14)15)11(16)12-4-6-18(17)7-5-12/h9H,3-8H2,1-2H3,(H,14,15). The smallest absolute Gasteiger partial charge is 0.320 e. The molecular formula is C11H20N2O4S. The SMILES string of the molecule is CCN(C(=O)N1CCS(=O)CC1)C(C)CC(=O)O. The van der Waals surface area contributed by atoms with Crippen molar-refractivity contribution in [3.8, 4) is 0 Å². The second-order valence-electron chi connectivity index (χ2n) is 4.35. The zero-order chi connectivity index (χ0) is 13.7. The summed E-state index contributed by atoms with van der Waals surface area (Å²) in [6.45, 7) is 5.02. The van der Waals surface area contributed by atoms with Crippen LogP contribution in [0.5, 0.6) is 0 Å². The van der Waals surface area contributed by atoms with Crippen LogP contribution in [0.1, 0.15) is 20.3 Å². The number of carbonyl (C=O) groups excluding carboxylic acids is 1. The molecule has 0 aromatic heterocycles. The highest BCUT2D eigenvalue weighted by Gasteiger charge is 2.27. The quantitative estimate of drug-likeness (QED) is 0.804. The summed E-state index contributed by atoms with van der Waals surface area (Å²) in [6, 6.07) is -0.477. The van der Waals surface area contributed by atoms with Gasteiger partial charge in [0.1, 0.15) is 0 Å². The van der Waals surface area contributed by atoms with Crippen molar-refractivity contribution in [2.75, 3.05) is 31.1 Å². The minimum absolute atomic E-state index is 0.0562. The minimum atomic E-state index is -0.909. The van der Waals surface area contributed by atoms with E-state index >= 15 is 0 Å². The van der Waals surface area contributed by atoms with E-state index in [1.807, 2.05) is 6.92 Å². The topological polar surface area (TPSA) is 77.9 Å². The van der Waals surface area contributed by atoms with E-state index in [2.05, 4.69) is 0 Å². The number of carboxylic acids is 1. The number of hydrogen-bond acceptors (Lipinski definition) is 3. The summed E-state index contributed by atoms with van der Waals surface area (Å²) in [5.41, 5.74) is 0. The van der Waals surface area contributed by atoms with Crippen LogP contribution in [0, 0.1) is 0 Å². The average molecular weight is 276 g/mol. The van der Waals surface area contributed by atoms with Gasteiger partial charge < -0.3 is 14.9 Å². The summed E-state index contributed by atoms with van der Waals surface area (Å²) >= 11 is 0. The molecule has 1 aliphatic heterocycles. The van der Waals surface area contributed by atoms with Gasteiger partial charge in [-0.15, -0.1) is 0 Å². The number of carboxylic acid groups (broad SMARTS) is 1. The van der Waals surface area contributed by atoms with E-state index < -0.39 is 16.8 Å². The molecule has 1 unspecified atom stereocenters. The van der Waals surface area contributed by atoms with Crippen LogP contribution >= 0.6 is 0 Å². The lowest BCUT2D eigenvalue weighted by Gasteiger charge is -2.35. The molecule has 0 aromatic carbocycles. The lowest BCUT2D eigenvalue weighted by molar-refractivity contribution is -0.138. The van der Waals surface area contributed by atoms with Crippen LogP contribution in [-0.4, -0.2) is 68.3 Å². The number of hydrogen-bond donors (Lipinski definition) is 1. The van der Waals surface area contributed by atoms with Crippen LogP contribution in [0.4, 0.5) is 4.79 Å². The second-order valence-corrected chi connectivity index (χ2v) is 6.05. The number of aliphatic carboxylic acids is 1. The molecule has 1 atom stereocenters. The molecule has 1 aliphatic rings. The van der Waals surface area contributed by atoms with Crippen LogP contribution in [-0.2, 0) is 15.6 Å². The summed E-state index contributed by atoms with van der Waals surface area (Å²) in [7, 11) is -0.819. The molecule has 1 N–H and O–H groups in total. The normalized spacial score (nSPS) is 18.4. The van der Waals surface area contributed by atoms with Gasteiger partial charge >= 0.3 is 12.0 Å². The predicted molar refractivity (Wildman–Crippen MR) is 68.9 cm³/mol. The van der Waals surface area contributed by atoms with Crippen LogP contribution in [0.3, 0.4) is 0 Å². The first-order chi connectivity index (χ1) is 8.45. The second kappa shape index (κ2) is 6.72. The Bertz CT molecular complexity index is 338. The zero-order valence-electron chi connectivity index (χ0n) is 10.8. The Morgan fingerprint density at radius 1 is 1.39 bits per heavy atom. The van der Waals surface area contributed by atoms with Gasteiger partial charge in [-0.1, -0.05) is 0 Å². The fraction of sp³-hybridized carbons (Fsp3) is 0.818. The van der Waals surface area contributed by atoms with Crippen LogP contribution in [0.2, 0.25) is 0 Å². The number of urea groups is 1. The molecule has 1 rings (SSSR count).